The molecular formula is C20H19N3O5. The number of Topliss-reactive ketones (excluding diaryl/α,β-unsaturated/α-hetero) is 1. The van der Waals surface area contributed by atoms with Crippen LogP contribution in [0.2, 0.25) is 0 Å². The predicted octanol–water partition coefficient (Wildman–Crippen LogP) is 3.57. The SMILES string of the molecule is C[C@@H](OC(=O)c1cc([N+](=O)[O-])ccc1N(C)C)C(=O)c1c[nH]c2ccccc12. The van der Waals surface area contributed by atoms with Crippen molar-refractivity contribution in [2.75, 3.05) is 19.0 Å². The van der Waals surface area contributed by atoms with E-state index in [0.717, 1.165) is 17.0 Å². The minimum atomic E-state index is -1.05. The Kier molecular flexibility index (Phi) is 5.12. The Morgan fingerprint density at radius 1 is 1.14 bits per heavy atom. The van der Waals surface area contributed by atoms with E-state index in [9.17, 15) is 19.7 Å². The molecule has 8 nitrogen and oxygen atoms in total. The fourth-order valence-electron chi connectivity index (χ4n) is 2.96. The van der Waals surface area contributed by atoms with Crippen molar-refractivity contribution in [2.45, 2.75) is 13.0 Å². The fourth-order valence-corrected chi connectivity index (χ4v) is 2.96. The molecule has 0 bridgehead atoms. The highest BCUT2D eigenvalue weighted by Gasteiger charge is 2.25. The lowest BCUT2D eigenvalue weighted by atomic mass is 10.1. The van der Waals surface area contributed by atoms with Gasteiger partial charge in [0.2, 0.25) is 5.78 Å². The lowest BCUT2D eigenvalue weighted by Crippen LogP contribution is -2.25. The van der Waals surface area contributed by atoms with Crippen LogP contribution in [0.4, 0.5) is 11.4 Å². The molecule has 144 valence electrons. The van der Waals surface area contributed by atoms with E-state index >= 15 is 0 Å². The van der Waals surface area contributed by atoms with Crippen LogP contribution in [0.25, 0.3) is 10.9 Å². The molecular weight excluding hydrogens is 362 g/mol. The molecule has 0 spiro atoms. The van der Waals surface area contributed by atoms with Gasteiger partial charge in [0.25, 0.3) is 5.69 Å². The third-order valence-corrected chi connectivity index (χ3v) is 4.40. The minimum Gasteiger partial charge on any atom is -0.451 e. The van der Waals surface area contributed by atoms with Gasteiger partial charge in [-0.25, -0.2) is 4.79 Å². The second-order valence-electron chi connectivity index (χ2n) is 6.51. The highest BCUT2D eigenvalue weighted by atomic mass is 16.6. The number of nitrogens with zero attached hydrogens (tertiary/aromatic N) is 2. The largest absolute Gasteiger partial charge is 0.451 e. The number of fused-ring (bicyclic) bond motifs is 1. The Morgan fingerprint density at radius 2 is 1.86 bits per heavy atom. The van der Waals surface area contributed by atoms with Gasteiger partial charge < -0.3 is 14.6 Å². The van der Waals surface area contributed by atoms with Gasteiger partial charge in [-0.15, -0.1) is 0 Å². The standard InChI is InChI=1S/C20H19N3O5/c1-12(19(24)16-11-21-17-7-5-4-6-14(16)17)28-20(25)15-10-13(23(26)27)8-9-18(15)22(2)3/h4-12,21H,1-3H3/t12-/m1/s1. The van der Waals surface area contributed by atoms with Crippen LogP contribution in [0, 0.1) is 10.1 Å². The zero-order chi connectivity index (χ0) is 20.4. The number of esters is 1. The zero-order valence-corrected chi connectivity index (χ0v) is 15.6. The van der Waals surface area contributed by atoms with E-state index < -0.39 is 17.0 Å². The van der Waals surface area contributed by atoms with Gasteiger partial charge in [-0.2, -0.15) is 0 Å². The molecule has 2 aromatic carbocycles. The highest BCUT2D eigenvalue weighted by Crippen LogP contribution is 2.26. The van der Waals surface area contributed by atoms with Crippen LogP contribution >= 0.6 is 0 Å². The van der Waals surface area contributed by atoms with E-state index in [1.165, 1.54) is 19.1 Å². The molecule has 0 saturated heterocycles. The maximum absolute atomic E-state index is 12.8. The zero-order valence-electron chi connectivity index (χ0n) is 15.6. The van der Waals surface area contributed by atoms with Gasteiger partial charge in [0.15, 0.2) is 6.10 Å². The molecule has 1 aromatic heterocycles. The Hall–Kier alpha value is -3.68. The Morgan fingerprint density at radius 3 is 2.54 bits per heavy atom. The van der Waals surface area contributed by atoms with Gasteiger partial charge in [-0.3, -0.25) is 14.9 Å². The number of nitro benzene ring substituents is 1. The molecule has 0 unspecified atom stereocenters. The molecule has 0 fully saturated rings. The number of aromatic nitrogens is 1. The molecule has 28 heavy (non-hydrogen) atoms. The van der Waals surface area contributed by atoms with E-state index in [4.69, 9.17) is 4.74 Å². The Balaban J connectivity index is 1.87. The topological polar surface area (TPSA) is 106 Å². The molecule has 0 amide bonds. The summed E-state index contributed by atoms with van der Waals surface area (Å²) in [5, 5.41) is 11.8. The first-order valence-corrected chi connectivity index (χ1v) is 8.56. The summed E-state index contributed by atoms with van der Waals surface area (Å²) in [7, 11) is 3.41. The Bertz CT molecular complexity index is 1070. The van der Waals surface area contributed by atoms with E-state index in [-0.39, 0.29) is 17.0 Å². The Labute approximate surface area is 160 Å². The van der Waals surface area contributed by atoms with Gasteiger partial charge in [0.05, 0.1) is 16.2 Å². The van der Waals surface area contributed by atoms with Gasteiger partial charge >= 0.3 is 5.97 Å². The van der Waals surface area contributed by atoms with Crippen molar-refractivity contribution in [3.05, 3.63) is 69.9 Å². The lowest BCUT2D eigenvalue weighted by Gasteiger charge is -2.18. The number of nitro groups is 1. The molecule has 1 atom stereocenters. The number of nitrogens with one attached hydrogen (secondary N) is 1. The molecule has 0 aliphatic rings. The van der Waals surface area contributed by atoms with Gasteiger partial charge in [-0.1, -0.05) is 18.2 Å². The number of anilines is 1. The molecule has 1 heterocycles. The van der Waals surface area contributed by atoms with E-state index in [2.05, 4.69) is 4.98 Å². The normalized spacial score (nSPS) is 11.8. The van der Waals surface area contributed by atoms with E-state index in [1.54, 1.807) is 31.3 Å². The summed E-state index contributed by atoms with van der Waals surface area (Å²) in [6.45, 7) is 1.48. The van der Waals surface area contributed by atoms with Crippen molar-refractivity contribution < 1.29 is 19.2 Å². The first-order chi connectivity index (χ1) is 13.3. The quantitative estimate of drug-likeness (QED) is 0.303. The number of hydrogen-bond acceptors (Lipinski definition) is 6. The van der Waals surface area contributed by atoms with Crippen LogP contribution < -0.4 is 4.90 Å². The van der Waals surface area contributed by atoms with Crippen LogP contribution in [0.5, 0.6) is 0 Å². The van der Waals surface area contributed by atoms with Crippen LogP contribution in [-0.2, 0) is 4.74 Å². The number of para-hydroxylation sites is 1. The molecule has 0 saturated carbocycles. The molecule has 0 aliphatic heterocycles. The summed E-state index contributed by atoms with van der Waals surface area (Å²) in [5.74, 6) is -1.16. The van der Waals surface area contributed by atoms with E-state index in [0.29, 0.717) is 11.3 Å². The van der Waals surface area contributed by atoms with Crippen molar-refractivity contribution in [1.29, 1.82) is 0 Å². The van der Waals surface area contributed by atoms with Crippen molar-refractivity contribution in [2.24, 2.45) is 0 Å². The first-order valence-electron chi connectivity index (χ1n) is 8.56. The lowest BCUT2D eigenvalue weighted by molar-refractivity contribution is -0.384. The maximum Gasteiger partial charge on any atom is 0.341 e. The van der Waals surface area contributed by atoms with Crippen LogP contribution in [0.3, 0.4) is 0 Å². The molecule has 0 aliphatic carbocycles. The average Bonchev–Trinajstić information content (AvgIpc) is 3.10. The number of carbonyl (C=O) groups is 2. The van der Waals surface area contributed by atoms with Gasteiger partial charge in [-0.05, 0) is 19.1 Å². The first kappa shape index (κ1) is 19.1. The van der Waals surface area contributed by atoms with Crippen molar-refractivity contribution in [3.8, 4) is 0 Å². The third-order valence-electron chi connectivity index (χ3n) is 4.40. The number of ether oxygens (including phenoxy) is 1. The van der Waals surface area contributed by atoms with Crippen molar-refractivity contribution >= 4 is 34.0 Å². The summed E-state index contributed by atoms with van der Waals surface area (Å²) in [5.41, 5.74) is 1.48. The predicted molar refractivity (Wildman–Crippen MR) is 105 cm³/mol. The smallest absolute Gasteiger partial charge is 0.341 e. The number of non-ortho nitro benzene ring substituents is 1. The van der Waals surface area contributed by atoms with Gasteiger partial charge in [0.1, 0.15) is 0 Å². The maximum atomic E-state index is 12.8. The van der Waals surface area contributed by atoms with E-state index in [1.807, 2.05) is 18.2 Å². The van der Waals surface area contributed by atoms with Crippen molar-refractivity contribution in [1.82, 2.24) is 4.98 Å². The molecule has 3 rings (SSSR count). The van der Waals surface area contributed by atoms with Crippen LogP contribution in [-0.4, -0.2) is 41.9 Å². The monoisotopic (exact) mass is 381 g/mol. The molecule has 0 radical (unpaired) electrons. The fraction of sp³-hybridized carbons (Fsp3) is 0.200. The number of H-pyrrole nitrogens is 1. The summed E-state index contributed by atoms with van der Waals surface area (Å²) < 4.78 is 5.34. The number of ketones is 1. The minimum absolute atomic E-state index is 0.0257. The summed E-state index contributed by atoms with van der Waals surface area (Å²) in [6.07, 6.45) is 0.525. The molecule has 8 heteroatoms. The average molecular weight is 381 g/mol. The third kappa shape index (κ3) is 3.57. The second kappa shape index (κ2) is 7.51. The number of rotatable bonds is 6. The second-order valence-corrected chi connectivity index (χ2v) is 6.51. The van der Waals surface area contributed by atoms with Crippen molar-refractivity contribution in [3.63, 3.8) is 0 Å². The molecule has 3 aromatic rings. The van der Waals surface area contributed by atoms with Crippen LogP contribution in [0.1, 0.15) is 27.6 Å². The number of aromatic amines is 1. The number of hydrogen-bond donors (Lipinski definition) is 1. The summed E-state index contributed by atoms with van der Waals surface area (Å²) in [6, 6.07) is 11.2. The van der Waals surface area contributed by atoms with Gasteiger partial charge in [0, 0.05) is 48.9 Å². The molecule has 1 N–H and O–H groups in total. The number of carbonyl (C=O) groups excluding carboxylic acids is 2. The summed E-state index contributed by atoms with van der Waals surface area (Å²) in [4.78, 5) is 40.5. The number of benzene rings is 2. The van der Waals surface area contributed by atoms with Crippen LogP contribution in [0.15, 0.2) is 48.7 Å². The summed E-state index contributed by atoms with van der Waals surface area (Å²) >= 11 is 0. The highest BCUT2D eigenvalue weighted by molar-refractivity contribution is 6.10.